The predicted octanol–water partition coefficient (Wildman–Crippen LogP) is 3.58. The molecule has 0 spiro atoms. The van der Waals surface area contributed by atoms with Crippen LogP contribution in [-0.4, -0.2) is 55.1 Å². The van der Waals surface area contributed by atoms with Gasteiger partial charge in [0.25, 0.3) is 0 Å². The molecule has 6 heteroatoms. The van der Waals surface area contributed by atoms with Gasteiger partial charge in [-0.1, -0.05) is 40.2 Å². The number of hydrogen-bond acceptors (Lipinski definition) is 4. The minimum atomic E-state index is 0.0646. The van der Waals surface area contributed by atoms with Crippen molar-refractivity contribution < 1.29 is 14.3 Å². The molecule has 2 aromatic rings. The normalized spacial score (nSPS) is 17.1. The van der Waals surface area contributed by atoms with Gasteiger partial charge in [-0.25, -0.2) is 0 Å². The van der Waals surface area contributed by atoms with Crippen LogP contribution in [0.4, 0.5) is 0 Å². The van der Waals surface area contributed by atoms with E-state index in [1.165, 1.54) is 5.56 Å². The maximum absolute atomic E-state index is 12.5. The average Bonchev–Trinajstić information content (AvgIpc) is 2.73. The number of hydrogen-bond donors (Lipinski definition) is 0. The molecule has 1 fully saturated rings. The fourth-order valence-electron chi connectivity index (χ4n) is 3.45. The van der Waals surface area contributed by atoms with E-state index in [1.807, 2.05) is 41.3 Å². The number of benzene rings is 2. The highest BCUT2D eigenvalue weighted by Gasteiger charge is 2.20. The van der Waals surface area contributed by atoms with Crippen LogP contribution in [0.3, 0.4) is 0 Å². The van der Waals surface area contributed by atoms with Crippen molar-refractivity contribution in [2.75, 3.05) is 39.4 Å². The lowest BCUT2D eigenvalue weighted by atomic mass is 10.1. The summed E-state index contributed by atoms with van der Waals surface area (Å²) in [6.07, 6.45) is 3.53. The van der Waals surface area contributed by atoms with Crippen molar-refractivity contribution in [3.05, 3.63) is 64.1 Å². The van der Waals surface area contributed by atoms with Gasteiger partial charge in [0.2, 0.25) is 5.91 Å². The Balaban J connectivity index is 1.29. The quantitative estimate of drug-likeness (QED) is 0.678. The summed E-state index contributed by atoms with van der Waals surface area (Å²) in [5.41, 5.74) is 2.21. The number of fused-ring (bicyclic) bond motifs is 1. The summed E-state index contributed by atoms with van der Waals surface area (Å²) in [7, 11) is 0. The molecule has 146 valence electrons. The number of piperazine rings is 1. The maximum atomic E-state index is 12.5. The predicted molar refractivity (Wildman–Crippen MR) is 112 cm³/mol. The Bertz CT molecular complexity index is 876. The fourth-order valence-corrected chi connectivity index (χ4v) is 3.86. The van der Waals surface area contributed by atoms with E-state index in [4.69, 9.17) is 9.47 Å². The molecule has 2 aliphatic heterocycles. The molecular weight excluding hydrogens is 420 g/mol. The lowest BCUT2D eigenvalue weighted by Gasteiger charge is -2.34. The Morgan fingerprint density at radius 3 is 2.54 bits per heavy atom. The molecule has 0 aromatic heterocycles. The topological polar surface area (TPSA) is 42.0 Å². The van der Waals surface area contributed by atoms with E-state index in [1.54, 1.807) is 6.08 Å². The number of carbonyl (C=O) groups excluding carboxylic acids is 1. The van der Waals surface area contributed by atoms with Gasteiger partial charge in [0, 0.05) is 43.3 Å². The minimum Gasteiger partial charge on any atom is -0.486 e. The molecule has 0 unspecified atom stereocenters. The second-order valence-corrected chi connectivity index (χ2v) is 7.79. The first-order valence-electron chi connectivity index (χ1n) is 9.51. The van der Waals surface area contributed by atoms with Gasteiger partial charge in [-0.3, -0.25) is 9.69 Å². The summed E-state index contributed by atoms with van der Waals surface area (Å²) in [5.74, 6) is 1.71. The van der Waals surface area contributed by atoms with Gasteiger partial charge in [-0.05, 0) is 35.4 Å². The van der Waals surface area contributed by atoms with Crippen LogP contribution >= 0.6 is 15.9 Å². The van der Waals surface area contributed by atoms with E-state index in [0.29, 0.717) is 13.2 Å². The summed E-state index contributed by atoms with van der Waals surface area (Å²) in [6, 6.07) is 14.0. The van der Waals surface area contributed by atoms with Crippen LogP contribution in [-0.2, 0) is 11.3 Å². The molecule has 1 amide bonds. The third-order valence-electron chi connectivity index (χ3n) is 5.01. The summed E-state index contributed by atoms with van der Waals surface area (Å²) in [4.78, 5) is 16.8. The highest BCUT2D eigenvalue weighted by atomic mass is 79.9. The number of carbonyl (C=O) groups is 1. The molecule has 4 rings (SSSR count). The van der Waals surface area contributed by atoms with Crippen molar-refractivity contribution in [1.82, 2.24) is 9.80 Å². The average molecular weight is 443 g/mol. The summed E-state index contributed by atoms with van der Waals surface area (Å²) in [6.45, 7) is 5.27. The molecule has 0 aliphatic carbocycles. The molecule has 0 radical (unpaired) electrons. The lowest BCUT2D eigenvalue weighted by molar-refractivity contribution is -0.127. The zero-order valence-electron chi connectivity index (χ0n) is 15.6. The van der Waals surface area contributed by atoms with E-state index in [9.17, 15) is 4.79 Å². The smallest absolute Gasteiger partial charge is 0.246 e. The number of amides is 1. The zero-order chi connectivity index (χ0) is 19.3. The Morgan fingerprint density at radius 1 is 1.00 bits per heavy atom. The Kier molecular flexibility index (Phi) is 5.98. The van der Waals surface area contributed by atoms with E-state index < -0.39 is 0 Å². The largest absolute Gasteiger partial charge is 0.486 e. The second kappa shape index (κ2) is 8.80. The molecular formula is C22H23BrN2O3. The van der Waals surface area contributed by atoms with Crippen molar-refractivity contribution in [3.8, 4) is 11.5 Å². The van der Waals surface area contributed by atoms with Crippen molar-refractivity contribution in [2.24, 2.45) is 0 Å². The van der Waals surface area contributed by atoms with Gasteiger partial charge >= 0.3 is 0 Å². The van der Waals surface area contributed by atoms with E-state index >= 15 is 0 Å². The van der Waals surface area contributed by atoms with Gasteiger partial charge in [-0.2, -0.15) is 0 Å². The van der Waals surface area contributed by atoms with Gasteiger partial charge in [-0.15, -0.1) is 0 Å². The molecule has 5 nitrogen and oxygen atoms in total. The Hall–Kier alpha value is -2.31. The Labute approximate surface area is 173 Å². The van der Waals surface area contributed by atoms with E-state index in [2.05, 4.69) is 33.0 Å². The fraction of sp³-hybridized carbons (Fsp3) is 0.318. The van der Waals surface area contributed by atoms with Crippen LogP contribution in [0.2, 0.25) is 0 Å². The number of halogens is 1. The van der Waals surface area contributed by atoms with E-state index in [-0.39, 0.29) is 5.91 Å². The summed E-state index contributed by atoms with van der Waals surface area (Å²) < 4.78 is 12.2. The van der Waals surface area contributed by atoms with Gasteiger partial charge in [0.15, 0.2) is 11.5 Å². The number of nitrogens with zero attached hydrogens (tertiary/aromatic N) is 2. The first kappa shape index (κ1) is 19.0. The molecule has 0 bridgehead atoms. The third kappa shape index (κ3) is 4.56. The number of ether oxygens (including phenoxy) is 2. The van der Waals surface area contributed by atoms with Crippen molar-refractivity contribution in [3.63, 3.8) is 0 Å². The van der Waals surface area contributed by atoms with Crippen molar-refractivity contribution in [1.29, 1.82) is 0 Å². The first-order valence-corrected chi connectivity index (χ1v) is 10.3. The molecule has 1 saturated heterocycles. The van der Waals surface area contributed by atoms with Crippen LogP contribution in [0.25, 0.3) is 6.08 Å². The highest BCUT2D eigenvalue weighted by molar-refractivity contribution is 9.10. The standard InChI is InChI=1S/C22H23BrN2O3/c23-19-4-2-1-3-18(19)6-8-22(26)25-11-9-24(10-12-25)16-17-5-7-20-21(15-17)28-14-13-27-20/h1-8,15H,9-14,16H2/b8-6+. The molecule has 28 heavy (non-hydrogen) atoms. The Morgan fingerprint density at radius 2 is 1.75 bits per heavy atom. The molecule has 2 aliphatic rings. The first-order chi connectivity index (χ1) is 13.7. The minimum absolute atomic E-state index is 0.0646. The van der Waals surface area contributed by atoms with Crippen LogP contribution < -0.4 is 9.47 Å². The van der Waals surface area contributed by atoms with Gasteiger partial charge < -0.3 is 14.4 Å². The molecule has 0 saturated carbocycles. The second-order valence-electron chi connectivity index (χ2n) is 6.93. The molecule has 2 heterocycles. The highest BCUT2D eigenvalue weighted by Crippen LogP contribution is 2.31. The van der Waals surface area contributed by atoms with Crippen LogP contribution in [0.5, 0.6) is 11.5 Å². The maximum Gasteiger partial charge on any atom is 0.246 e. The summed E-state index contributed by atoms with van der Waals surface area (Å²) >= 11 is 3.51. The third-order valence-corrected chi connectivity index (χ3v) is 5.73. The molecule has 2 aromatic carbocycles. The van der Waals surface area contributed by atoms with Gasteiger partial charge in [0.1, 0.15) is 13.2 Å². The van der Waals surface area contributed by atoms with Gasteiger partial charge in [0.05, 0.1) is 0 Å². The van der Waals surface area contributed by atoms with Crippen molar-refractivity contribution >= 4 is 27.9 Å². The molecule has 0 atom stereocenters. The van der Waals surface area contributed by atoms with Crippen LogP contribution in [0.1, 0.15) is 11.1 Å². The van der Waals surface area contributed by atoms with E-state index in [0.717, 1.165) is 54.3 Å². The molecule has 0 N–H and O–H groups in total. The zero-order valence-corrected chi connectivity index (χ0v) is 17.2. The monoisotopic (exact) mass is 442 g/mol. The van der Waals surface area contributed by atoms with Crippen molar-refractivity contribution in [2.45, 2.75) is 6.54 Å². The lowest BCUT2D eigenvalue weighted by Crippen LogP contribution is -2.47. The van der Waals surface area contributed by atoms with Crippen LogP contribution in [0.15, 0.2) is 53.0 Å². The SMILES string of the molecule is O=C(/C=C/c1ccccc1Br)N1CCN(Cc2ccc3c(c2)OCCO3)CC1. The van der Waals surface area contributed by atoms with Crippen LogP contribution in [0, 0.1) is 0 Å². The number of rotatable bonds is 4. The summed E-state index contributed by atoms with van der Waals surface area (Å²) in [5, 5.41) is 0.